The third-order valence-corrected chi connectivity index (χ3v) is 2.40. The van der Waals surface area contributed by atoms with E-state index in [4.69, 9.17) is 4.74 Å². The Kier molecular flexibility index (Phi) is 5.18. The van der Waals surface area contributed by atoms with E-state index in [9.17, 15) is 4.79 Å². The second kappa shape index (κ2) is 6.45. The SMILES string of the molecule is CCOC(=O)NCCc1ccc(Br)cc1. The van der Waals surface area contributed by atoms with Crippen LogP contribution in [0.5, 0.6) is 0 Å². The first kappa shape index (κ1) is 12.0. The van der Waals surface area contributed by atoms with Gasteiger partial charge in [-0.2, -0.15) is 0 Å². The Morgan fingerprint density at radius 2 is 2.07 bits per heavy atom. The van der Waals surface area contributed by atoms with E-state index in [1.54, 1.807) is 6.92 Å². The van der Waals surface area contributed by atoms with Crippen molar-refractivity contribution in [1.82, 2.24) is 5.32 Å². The summed E-state index contributed by atoms with van der Waals surface area (Å²) in [6.45, 7) is 2.79. The smallest absolute Gasteiger partial charge is 0.407 e. The largest absolute Gasteiger partial charge is 0.450 e. The highest BCUT2D eigenvalue weighted by molar-refractivity contribution is 9.10. The standard InChI is InChI=1S/C11H14BrNO2/c1-2-15-11(14)13-8-7-9-3-5-10(12)6-4-9/h3-6H,2,7-8H2,1H3,(H,13,14). The van der Waals surface area contributed by atoms with E-state index < -0.39 is 0 Å². The van der Waals surface area contributed by atoms with Crippen molar-refractivity contribution >= 4 is 22.0 Å². The number of amides is 1. The topological polar surface area (TPSA) is 38.3 Å². The zero-order valence-electron chi connectivity index (χ0n) is 8.63. The zero-order valence-corrected chi connectivity index (χ0v) is 10.2. The summed E-state index contributed by atoms with van der Waals surface area (Å²) in [4.78, 5) is 10.9. The summed E-state index contributed by atoms with van der Waals surface area (Å²) >= 11 is 3.37. The summed E-state index contributed by atoms with van der Waals surface area (Å²) in [5.74, 6) is 0. The number of carbonyl (C=O) groups excluding carboxylic acids is 1. The van der Waals surface area contributed by atoms with Crippen molar-refractivity contribution in [2.75, 3.05) is 13.2 Å². The number of hydrogen-bond acceptors (Lipinski definition) is 2. The van der Waals surface area contributed by atoms with Crippen molar-refractivity contribution in [2.45, 2.75) is 13.3 Å². The molecule has 0 bridgehead atoms. The molecule has 0 aromatic heterocycles. The first-order valence-electron chi connectivity index (χ1n) is 4.87. The number of benzene rings is 1. The third-order valence-electron chi connectivity index (χ3n) is 1.87. The number of alkyl carbamates (subject to hydrolysis) is 1. The highest BCUT2D eigenvalue weighted by Gasteiger charge is 1.99. The van der Waals surface area contributed by atoms with Crippen LogP contribution in [0.25, 0.3) is 0 Å². The predicted molar refractivity (Wildman–Crippen MR) is 62.9 cm³/mol. The quantitative estimate of drug-likeness (QED) is 0.915. The van der Waals surface area contributed by atoms with Crippen LogP contribution in [0.1, 0.15) is 12.5 Å². The summed E-state index contributed by atoms with van der Waals surface area (Å²) in [5.41, 5.74) is 1.19. The predicted octanol–water partition coefficient (Wildman–Crippen LogP) is 2.74. The molecule has 82 valence electrons. The molecule has 15 heavy (non-hydrogen) atoms. The lowest BCUT2D eigenvalue weighted by molar-refractivity contribution is 0.152. The molecule has 0 aliphatic heterocycles. The van der Waals surface area contributed by atoms with Crippen molar-refractivity contribution in [3.05, 3.63) is 34.3 Å². The van der Waals surface area contributed by atoms with Gasteiger partial charge in [0.2, 0.25) is 0 Å². The minimum absolute atomic E-state index is 0.352. The van der Waals surface area contributed by atoms with Crippen molar-refractivity contribution in [3.63, 3.8) is 0 Å². The second-order valence-electron chi connectivity index (χ2n) is 3.02. The molecule has 0 saturated carbocycles. The molecule has 0 spiro atoms. The van der Waals surface area contributed by atoms with Crippen molar-refractivity contribution in [2.24, 2.45) is 0 Å². The Bertz CT molecular complexity index is 311. The van der Waals surface area contributed by atoms with Gasteiger partial charge < -0.3 is 10.1 Å². The van der Waals surface area contributed by atoms with Gasteiger partial charge in [0.05, 0.1) is 6.61 Å². The average Bonchev–Trinajstić information content (AvgIpc) is 2.21. The first-order chi connectivity index (χ1) is 7.22. The second-order valence-corrected chi connectivity index (χ2v) is 3.94. The van der Waals surface area contributed by atoms with E-state index in [1.165, 1.54) is 5.56 Å². The molecule has 1 aromatic rings. The number of hydrogen-bond donors (Lipinski definition) is 1. The van der Waals surface area contributed by atoms with Crippen molar-refractivity contribution in [1.29, 1.82) is 0 Å². The number of halogens is 1. The van der Waals surface area contributed by atoms with Gasteiger partial charge in [0.15, 0.2) is 0 Å². The van der Waals surface area contributed by atoms with Gasteiger partial charge >= 0.3 is 6.09 Å². The van der Waals surface area contributed by atoms with Crippen LogP contribution in [0, 0.1) is 0 Å². The Balaban J connectivity index is 2.26. The number of ether oxygens (including phenoxy) is 1. The normalized spacial score (nSPS) is 9.73. The molecule has 0 saturated heterocycles. The van der Waals surface area contributed by atoms with Gasteiger partial charge in [-0.1, -0.05) is 28.1 Å². The average molecular weight is 272 g/mol. The van der Waals surface area contributed by atoms with Crippen LogP contribution in [0.15, 0.2) is 28.7 Å². The molecule has 4 heteroatoms. The highest BCUT2D eigenvalue weighted by atomic mass is 79.9. The Morgan fingerprint density at radius 3 is 2.67 bits per heavy atom. The van der Waals surface area contributed by atoms with Gasteiger partial charge in [-0.15, -0.1) is 0 Å². The van der Waals surface area contributed by atoms with E-state index in [0.29, 0.717) is 13.2 Å². The summed E-state index contributed by atoms with van der Waals surface area (Å²) in [5, 5.41) is 2.67. The maximum absolute atomic E-state index is 10.9. The van der Waals surface area contributed by atoms with E-state index >= 15 is 0 Å². The molecule has 0 aliphatic carbocycles. The van der Waals surface area contributed by atoms with E-state index in [2.05, 4.69) is 21.2 Å². The summed E-state index contributed by atoms with van der Waals surface area (Å²) in [6.07, 6.45) is 0.459. The van der Waals surface area contributed by atoms with Crippen LogP contribution in [-0.2, 0) is 11.2 Å². The lowest BCUT2D eigenvalue weighted by Crippen LogP contribution is -2.26. The van der Waals surface area contributed by atoms with Gasteiger partial charge in [0, 0.05) is 11.0 Å². The number of nitrogens with one attached hydrogen (secondary N) is 1. The van der Waals surface area contributed by atoms with Crippen LogP contribution in [0.4, 0.5) is 4.79 Å². The van der Waals surface area contributed by atoms with E-state index in [1.807, 2.05) is 24.3 Å². The van der Waals surface area contributed by atoms with Crippen molar-refractivity contribution in [3.8, 4) is 0 Å². The van der Waals surface area contributed by atoms with E-state index in [-0.39, 0.29) is 6.09 Å². The fraction of sp³-hybridized carbons (Fsp3) is 0.364. The number of carbonyl (C=O) groups is 1. The van der Waals surface area contributed by atoms with Crippen molar-refractivity contribution < 1.29 is 9.53 Å². The lowest BCUT2D eigenvalue weighted by Gasteiger charge is -2.05. The van der Waals surface area contributed by atoms with E-state index in [0.717, 1.165) is 10.9 Å². The molecule has 0 radical (unpaired) electrons. The molecular weight excluding hydrogens is 258 g/mol. The van der Waals surface area contributed by atoms with Gasteiger partial charge in [-0.3, -0.25) is 0 Å². The Morgan fingerprint density at radius 1 is 1.40 bits per heavy atom. The molecular formula is C11H14BrNO2. The molecule has 0 atom stereocenters. The molecule has 1 amide bonds. The zero-order chi connectivity index (χ0) is 11.1. The summed E-state index contributed by atoms with van der Waals surface area (Å²) in [6, 6.07) is 8.02. The van der Waals surface area contributed by atoms with Crippen LogP contribution in [-0.4, -0.2) is 19.2 Å². The molecule has 0 fully saturated rings. The monoisotopic (exact) mass is 271 g/mol. The Labute approximate surface area is 97.9 Å². The summed E-state index contributed by atoms with van der Waals surface area (Å²) in [7, 11) is 0. The molecule has 1 rings (SSSR count). The minimum Gasteiger partial charge on any atom is -0.450 e. The molecule has 3 nitrogen and oxygen atoms in total. The van der Waals surface area contributed by atoms with Gasteiger partial charge in [0.1, 0.15) is 0 Å². The van der Waals surface area contributed by atoms with Crippen LogP contribution in [0.2, 0.25) is 0 Å². The highest BCUT2D eigenvalue weighted by Crippen LogP contribution is 2.10. The Hall–Kier alpha value is -1.03. The number of rotatable bonds is 4. The molecule has 1 aromatic carbocycles. The molecule has 1 N–H and O–H groups in total. The van der Waals surface area contributed by atoms with Gasteiger partial charge in [-0.25, -0.2) is 4.79 Å². The minimum atomic E-state index is -0.352. The van der Waals surface area contributed by atoms with Crippen LogP contribution < -0.4 is 5.32 Å². The molecule has 0 unspecified atom stereocenters. The maximum atomic E-state index is 10.9. The summed E-state index contributed by atoms with van der Waals surface area (Å²) < 4.78 is 5.80. The molecule has 0 heterocycles. The fourth-order valence-corrected chi connectivity index (χ4v) is 1.41. The molecule has 0 aliphatic rings. The van der Waals surface area contributed by atoms with Crippen LogP contribution >= 0.6 is 15.9 Å². The lowest BCUT2D eigenvalue weighted by atomic mass is 10.1. The first-order valence-corrected chi connectivity index (χ1v) is 5.66. The third kappa shape index (κ3) is 4.83. The maximum Gasteiger partial charge on any atom is 0.407 e. The fourth-order valence-electron chi connectivity index (χ4n) is 1.14. The van der Waals surface area contributed by atoms with Gasteiger partial charge in [-0.05, 0) is 31.0 Å². The van der Waals surface area contributed by atoms with Crippen LogP contribution in [0.3, 0.4) is 0 Å². The van der Waals surface area contributed by atoms with Gasteiger partial charge in [0.25, 0.3) is 0 Å².